The number of carboxylic acids is 1. The van der Waals surface area contributed by atoms with Gasteiger partial charge in [-0.25, -0.2) is 4.79 Å². The predicted octanol–water partition coefficient (Wildman–Crippen LogP) is 3.06. The monoisotopic (exact) mass is 336 g/mol. The van der Waals surface area contributed by atoms with E-state index in [9.17, 15) is 14.7 Å². The average Bonchev–Trinajstić information content (AvgIpc) is 2.50. The summed E-state index contributed by atoms with van der Waals surface area (Å²) in [6.45, 7) is 5.40. The van der Waals surface area contributed by atoms with Gasteiger partial charge in [0.15, 0.2) is 17.3 Å². The Bertz CT molecular complexity index is 658. The van der Waals surface area contributed by atoms with Crippen molar-refractivity contribution in [3.8, 4) is 17.2 Å². The highest BCUT2D eigenvalue weighted by molar-refractivity contribution is 6.23. The molecule has 0 aliphatic heterocycles. The molecule has 0 amide bonds. The quantitative estimate of drug-likeness (QED) is 0.709. The van der Waals surface area contributed by atoms with Crippen LogP contribution < -0.4 is 9.47 Å². The molecule has 2 N–H and O–H groups in total. The highest BCUT2D eigenvalue weighted by Crippen LogP contribution is 2.44. The van der Waals surface area contributed by atoms with Crippen LogP contribution in [0.5, 0.6) is 17.2 Å². The van der Waals surface area contributed by atoms with Gasteiger partial charge >= 0.3 is 5.97 Å². The van der Waals surface area contributed by atoms with Crippen LogP contribution >= 0.6 is 0 Å². The number of ketones is 1. The largest absolute Gasteiger partial charge is 0.502 e. The van der Waals surface area contributed by atoms with Gasteiger partial charge in [0.1, 0.15) is 0 Å². The first-order valence-corrected chi connectivity index (χ1v) is 7.65. The average molecular weight is 336 g/mol. The van der Waals surface area contributed by atoms with Crippen molar-refractivity contribution in [2.24, 2.45) is 5.92 Å². The molecule has 1 aromatic rings. The van der Waals surface area contributed by atoms with Crippen molar-refractivity contribution in [3.63, 3.8) is 0 Å². The number of aromatic hydroxyl groups is 1. The lowest BCUT2D eigenvalue weighted by molar-refractivity contribution is -0.131. The number of Topliss-reactive ketones (excluding diaryl/α,β-unsaturated/α-hetero) is 1. The summed E-state index contributed by atoms with van der Waals surface area (Å²) in [6.07, 6.45) is 2.18. The molecule has 0 heterocycles. The topological polar surface area (TPSA) is 93.1 Å². The number of benzene rings is 1. The third-order valence-electron chi connectivity index (χ3n) is 3.66. The molecular weight excluding hydrogens is 312 g/mol. The van der Waals surface area contributed by atoms with E-state index < -0.39 is 11.8 Å². The standard InChI is InChI=1S/C18H24O6/c1-10(2)6-7-12-14(13(11(3)19)9-16(20)21)8-15(23-4)17(22)18(12)24-5/h8-10,22H,6-7H2,1-5H3,(H,20,21). The van der Waals surface area contributed by atoms with Crippen LogP contribution in [0.25, 0.3) is 5.57 Å². The van der Waals surface area contributed by atoms with E-state index in [4.69, 9.17) is 14.6 Å². The molecule has 0 aliphatic carbocycles. The molecule has 1 rings (SSSR count). The van der Waals surface area contributed by atoms with Gasteiger partial charge in [-0.3, -0.25) is 4.79 Å². The Morgan fingerprint density at radius 2 is 1.88 bits per heavy atom. The van der Waals surface area contributed by atoms with Gasteiger partial charge in [-0.2, -0.15) is 0 Å². The first kappa shape index (κ1) is 19.5. The Kier molecular flexibility index (Phi) is 6.82. The molecule has 132 valence electrons. The summed E-state index contributed by atoms with van der Waals surface area (Å²) in [4.78, 5) is 23.1. The number of methoxy groups -OCH3 is 2. The zero-order valence-corrected chi connectivity index (χ0v) is 14.7. The van der Waals surface area contributed by atoms with Crippen LogP contribution in [-0.2, 0) is 16.0 Å². The van der Waals surface area contributed by atoms with Crippen molar-refractivity contribution in [3.05, 3.63) is 23.3 Å². The highest BCUT2D eigenvalue weighted by Gasteiger charge is 2.23. The van der Waals surface area contributed by atoms with E-state index in [-0.39, 0.29) is 22.8 Å². The smallest absolute Gasteiger partial charge is 0.329 e. The number of aliphatic carboxylic acids is 1. The van der Waals surface area contributed by atoms with Crippen LogP contribution in [0.2, 0.25) is 0 Å². The van der Waals surface area contributed by atoms with E-state index in [1.165, 1.54) is 27.2 Å². The van der Waals surface area contributed by atoms with Crippen LogP contribution in [0.1, 0.15) is 38.3 Å². The van der Waals surface area contributed by atoms with Crippen molar-refractivity contribution >= 4 is 17.3 Å². The number of phenolic OH excluding ortho intramolecular Hbond substituents is 1. The van der Waals surface area contributed by atoms with Crippen LogP contribution in [0, 0.1) is 5.92 Å². The molecule has 6 heteroatoms. The second-order valence-electron chi connectivity index (χ2n) is 5.87. The molecule has 0 spiro atoms. The van der Waals surface area contributed by atoms with Crippen molar-refractivity contribution < 1.29 is 29.3 Å². The number of rotatable bonds is 8. The number of phenols is 1. The maximum atomic E-state index is 12.0. The van der Waals surface area contributed by atoms with E-state index in [2.05, 4.69) is 13.8 Å². The molecule has 0 bridgehead atoms. The zero-order valence-electron chi connectivity index (χ0n) is 14.7. The van der Waals surface area contributed by atoms with Gasteiger partial charge in [0, 0.05) is 17.2 Å². The number of ether oxygens (including phenoxy) is 2. The predicted molar refractivity (Wildman–Crippen MR) is 90.7 cm³/mol. The third-order valence-corrected chi connectivity index (χ3v) is 3.66. The summed E-state index contributed by atoms with van der Waals surface area (Å²) < 4.78 is 10.4. The molecular formula is C18H24O6. The minimum atomic E-state index is -1.22. The Labute approximate surface area is 141 Å². The molecule has 0 aliphatic rings. The fourth-order valence-corrected chi connectivity index (χ4v) is 2.45. The molecule has 0 aromatic heterocycles. The van der Waals surface area contributed by atoms with Crippen molar-refractivity contribution in [1.82, 2.24) is 0 Å². The summed E-state index contributed by atoms with van der Waals surface area (Å²) in [7, 11) is 2.78. The number of carboxylic acid groups (broad SMARTS) is 1. The van der Waals surface area contributed by atoms with Crippen molar-refractivity contribution in [2.75, 3.05) is 14.2 Å². The second-order valence-corrected chi connectivity index (χ2v) is 5.87. The first-order chi connectivity index (χ1) is 11.2. The Hall–Kier alpha value is -2.50. The maximum Gasteiger partial charge on any atom is 0.329 e. The van der Waals surface area contributed by atoms with Crippen molar-refractivity contribution in [2.45, 2.75) is 33.6 Å². The minimum absolute atomic E-state index is 0.0397. The lowest BCUT2D eigenvalue weighted by Gasteiger charge is -2.19. The van der Waals surface area contributed by atoms with Gasteiger partial charge < -0.3 is 19.7 Å². The molecule has 0 saturated heterocycles. The molecule has 0 radical (unpaired) electrons. The van der Waals surface area contributed by atoms with Crippen LogP contribution in [0.3, 0.4) is 0 Å². The molecule has 0 saturated carbocycles. The fraction of sp³-hybridized carbons (Fsp3) is 0.444. The fourth-order valence-electron chi connectivity index (χ4n) is 2.45. The molecule has 6 nitrogen and oxygen atoms in total. The molecule has 0 unspecified atom stereocenters. The van der Waals surface area contributed by atoms with E-state index in [0.29, 0.717) is 23.5 Å². The van der Waals surface area contributed by atoms with Crippen LogP contribution in [0.15, 0.2) is 12.1 Å². The first-order valence-electron chi connectivity index (χ1n) is 7.65. The molecule has 0 fully saturated rings. The maximum absolute atomic E-state index is 12.0. The summed E-state index contributed by atoms with van der Waals surface area (Å²) in [5.74, 6) is -1.08. The Balaban J connectivity index is 3.70. The number of allylic oxidation sites excluding steroid dienone is 1. The number of carbonyl (C=O) groups excluding carboxylic acids is 1. The van der Waals surface area contributed by atoms with Crippen molar-refractivity contribution in [1.29, 1.82) is 0 Å². The number of hydrogen-bond donors (Lipinski definition) is 2. The number of hydrogen-bond acceptors (Lipinski definition) is 5. The minimum Gasteiger partial charge on any atom is -0.502 e. The summed E-state index contributed by atoms with van der Waals surface area (Å²) in [5, 5.41) is 19.4. The van der Waals surface area contributed by atoms with Gasteiger partial charge in [-0.05, 0) is 37.3 Å². The SMILES string of the molecule is COc1cc(C(=CC(=O)O)C(C)=O)c(CCC(C)C)c(OC)c1O. The van der Waals surface area contributed by atoms with E-state index in [1.807, 2.05) is 0 Å². The third kappa shape index (κ3) is 4.50. The summed E-state index contributed by atoms with van der Waals surface area (Å²) >= 11 is 0. The van der Waals surface area contributed by atoms with Crippen LogP contribution in [-0.4, -0.2) is 36.2 Å². The molecule has 0 atom stereocenters. The van der Waals surface area contributed by atoms with Gasteiger partial charge in [0.2, 0.25) is 5.75 Å². The normalized spacial score (nSPS) is 11.5. The van der Waals surface area contributed by atoms with Gasteiger partial charge in [-0.15, -0.1) is 0 Å². The second kappa shape index (κ2) is 8.38. The molecule has 24 heavy (non-hydrogen) atoms. The lowest BCUT2D eigenvalue weighted by atomic mass is 9.90. The van der Waals surface area contributed by atoms with Gasteiger partial charge in [0.05, 0.1) is 14.2 Å². The number of carbonyl (C=O) groups is 2. The van der Waals surface area contributed by atoms with Gasteiger partial charge in [-0.1, -0.05) is 13.8 Å². The molecule has 1 aromatic carbocycles. The van der Waals surface area contributed by atoms with E-state index in [0.717, 1.165) is 12.5 Å². The Morgan fingerprint density at radius 3 is 2.29 bits per heavy atom. The van der Waals surface area contributed by atoms with Crippen LogP contribution in [0.4, 0.5) is 0 Å². The summed E-state index contributed by atoms with van der Waals surface area (Å²) in [5.41, 5.74) is 1.03. The zero-order chi connectivity index (χ0) is 18.4. The highest BCUT2D eigenvalue weighted by atomic mass is 16.5. The van der Waals surface area contributed by atoms with E-state index >= 15 is 0 Å². The Morgan fingerprint density at radius 1 is 1.25 bits per heavy atom. The lowest BCUT2D eigenvalue weighted by Crippen LogP contribution is -2.07. The van der Waals surface area contributed by atoms with Gasteiger partial charge in [0.25, 0.3) is 0 Å². The van der Waals surface area contributed by atoms with E-state index in [1.54, 1.807) is 0 Å². The summed E-state index contributed by atoms with van der Waals surface area (Å²) in [6, 6.07) is 1.48.